The van der Waals surface area contributed by atoms with Crippen LogP contribution in [0.4, 0.5) is 0 Å². The fourth-order valence-corrected chi connectivity index (χ4v) is 7.92. The highest BCUT2D eigenvalue weighted by atomic mass is 32.3. The van der Waals surface area contributed by atoms with Crippen LogP contribution in [0.1, 0.15) is 194 Å². The predicted molar refractivity (Wildman–Crippen MR) is 242 cm³/mol. The van der Waals surface area contributed by atoms with Gasteiger partial charge in [0.25, 0.3) is 0 Å². The van der Waals surface area contributed by atoms with Gasteiger partial charge in [0.15, 0.2) is 6.29 Å². The van der Waals surface area contributed by atoms with E-state index in [0.717, 1.165) is 64.2 Å². The molecule has 8 atom stereocenters. The van der Waals surface area contributed by atoms with Gasteiger partial charge in [-0.3, -0.25) is 9.35 Å². The van der Waals surface area contributed by atoms with Crippen LogP contribution >= 0.6 is 0 Å². The minimum absolute atomic E-state index is 0.229. The molecule has 1 aliphatic heterocycles. The zero-order valence-electron chi connectivity index (χ0n) is 37.8. The molecule has 0 aromatic rings. The lowest BCUT2D eigenvalue weighted by atomic mass is 9.99. The molecule has 0 aromatic carbocycles. The monoisotopic (exact) mass is 890 g/mol. The maximum absolute atomic E-state index is 13.1. The van der Waals surface area contributed by atoms with E-state index in [1.807, 2.05) is 0 Å². The molecule has 13 nitrogen and oxygen atoms in total. The van der Waals surface area contributed by atoms with Crippen LogP contribution in [-0.4, -0.2) is 107 Å². The van der Waals surface area contributed by atoms with Crippen molar-refractivity contribution in [3.8, 4) is 0 Å². The van der Waals surface area contributed by atoms with Crippen LogP contribution in [0.25, 0.3) is 0 Å². The van der Waals surface area contributed by atoms with Gasteiger partial charge in [0, 0.05) is 0 Å². The van der Waals surface area contributed by atoms with Crippen molar-refractivity contribution >= 4 is 16.3 Å². The van der Waals surface area contributed by atoms with Gasteiger partial charge < -0.3 is 40.3 Å². The number of hydrogen-bond acceptors (Lipinski definition) is 11. The van der Waals surface area contributed by atoms with E-state index < -0.39 is 78.5 Å². The van der Waals surface area contributed by atoms with Crippen LogP contribution in [0.15, 0.2) is 36.5 Å². The Labute approximate surface area is 369 Å². The Kier molecular flexibility index (Phi) is 35.4. The zero-order chi connectivity index (χ0) is 45.0. The van der Waals surface area contributed by atoms with Gasteiger partial charge in [-0.05, 0) is 57.8 Å². The standard InChI is InChI=1S/C47H87NO12S/c1-3-5-7-9-11-13-15-17-19-20-21-22-24-25-27-29-31-33-35-40(50)39(38-58-47-44(53)45(60-61(55,56)57)43(52)42(37-49)59-47)48-46(54)41(51)36-34-32-30-28-26-23-18-16-14-12-10-8-6-4-2/h14,16,25,27,33,35,39-45,47,49-53H,3-13,15,17-24,26,28-32,34,36-38H2,1-2H3,(H,48,54)(H,55,56,57)/b16-14-,27-25+,35-33+. The summed E-state index contributed by atoms with van der Waals surface area (Å²) >= 11 is 0. The van der Waals surface area contributed by atoms with Crippen LogP contribution in [0.3, 0.4) is 0 Å². The molecule has 0 bridgehead atoms. The lowest BCUT2D eigenvalue weighted by molar-refractivity contribution is -0.298. The number of nitrogens with one attached hydrogen (secondary N) is 1. The van der Waals surface area contributed by atoms with Crippen molar-refractivity contribution in [3.63, 3.8) is 0 Å². The molecule has 0 aliphatic carbocycles. The van der Waals surface area contributed by atoms with E-state index >= 15 is 0 Å². The SMILES string of the molecule is CCCCCC/C=C\CCCCCCCCC(O)C(=O)NC(COC1OC(CO)C(O)C(OS(=O)(=O)O)C1O)C(O)/C=C/CC/C=C/CCCCCCCCCCCCCC. The highest BCUT2D eigenvalue weighted by molar-refractivity contribution is 7.80. The maximum atomic E-state index is 13.1. The lowest BCUT2D eigenvalue weighted by Gasteiger charge is -2.41. The number of ether oxygens (including phenoxy) is 2. The first-order chi connectivity index (χ1) is 29.4. The normalized spacial score (nSPS) is 21.5. The first kappa shape index (κ1) is 57.3. The number of carbonyl (C=O) groups excluding carboxylic acids is 1. The summed E-state index contributed by atoms with van der Waals surface area (Å²) in [6, 6.07) is -1.14. The second kappa shape index (κ2) is 37.6. The zero-order valence-corrected chi connectivity index (χ0v) is 38.7. The largest absolute Gasteiger partial charge is 0.397 e. The van der Waals surface area contributed by atoms with Crippen LogP contribution < -0.4 is 5.32 Å². The number of allylic oxidation sites excluding steroid dienone is 5. The van der Waals surface area contributed by atoms with Gasteiger partial charge in [0.1, 0.15) is 30.5 Å². The summed E-state index contributed by atoms with van der Waals surface area (Å²) in [5, 5.41) is 55.2. The van der Waals surface area contributed by atoms with E-state index in [4.69, 9.17) is 9.47 Å². The molecule has 1 heterocycles. The van der Waals surface area contributed by atoms with Gasteiger partial charge in [-0.25, -0.2) is 4.18 Å². The summed E-state index contributed by atoms with van der Waals surface area (Å²) in [5.74, 6) is -0.718. The molecule has 1 aliphatic rings. The van der Waals surface area contributed by atoms with Gasteiger partial charge >= 0.3 is 10.4 Å². The summed E-state index contributed by atoms with van der Waals surface area (Å²) in [5.41, 5.74) is 0. The van der Waals surface area contributed by atoms with Gasteiger partial charge in [0.05, 0.1) is 25.4 Å². The summed E-state index contributed by atoms with van der Waals surface area (Å²) < 4.78 is 47.5. The van der Waals surface area contributed by atoms with Crippen molar-refractivity contribution in [2.45, 2.75) is 243 Å². The first-order valence-electron chi connectivity index (χ1n) is 24.0. The molecule has 0 spiro atoms. The number of aliphatic hydroxyl groups excluding tert-OH is 5. The van der Waals surface area contributed by atoms with E-state index in [9.17, 15) is 43.3 Å². The number of rotatable bonds is 40. The predicted octanol–water partition coefficient (Wildman–Crippen LogP) is 8.47. The molecule has 358 valence electrons. The fraction of sp³-hybridized carbons (Fsp3) is 0.851. The first-order valence-corrected chi connectivity index (χ1v) is 25.3. The van der Waals surface area contributed by atoms with E-state index in [0.29, 0.717) is 12.8 Å². The van der Waals surface area contributed by atoms with Crippen LogP contribution in [-0.2, 0) is 28.9 Å². The molecule has 1 fully saturated rings. The molecule has 8 unspecified atom stereocenters. The Morgan fingerprint density at radius 3 is 1.59 bits per heavy atom. The smallest absolute Gasteiger partial charge is 0.394 e. The van der Waals surface area contributed by atoms with Gasteiger partial charge in [-0.2, -0.15) is 8.42 Å². The number of amides is 1. The van der Waals surface area contributed by atoms with Gasteiger partial charge in [0.2, 0.25) is 5.91 Å². The topological polar surface area (TPSA) is 212 Å². The van der Waals surface area contributed by atoms with Crippen LogP contribution in [0.2, 0.25) is 0 Å². The highest BCUT2D eigenvalue weighted by Crippen LogP contribution is 2.26. The molecular formula is C47H87NO12S. The van der Waals surface area contributed by atoms with E-state index in [1.165, 1.54) is 102 Å². The molecular weight excluding hydrogens is 803 g/mol. The molecule has 1 rings (SSSR count). The van der Waals surface area contributed by atoms with Crippen LogP contribution in [0.5, 0.6) is 0 Å². The van der Waals surface area contributed by atoms with Crippen molar-refractivity contribution in [2.75, 3.05) is 13.2 Å². The second-order valence-corrected chi connectivity index (χ2v) is 17.9. The molecule has 0 radical (unpaired) electrons. The third kappa shape index (κ3) is 30.1. The minimum Gasteiger partial charge on any atom is -0.394 e. The Morgan fingerprint density at radius 2 is 1.10 bits per heavy atom. The second-order valence-electron chi connectivity index (χ2n) is 16.8. The lowest BCUT2D eigenvalue weighted by Crippen LogP contribution is -2.61. The Balaban J connectivity index is 2.60. The average Bonchev–Trinajstić information content (AvgIpc) is 3.23. The quantitative estimate of drug-likeness (QED) is 0.0175. The summed E-state index contributed by atoms with van der Waals surface area (Å²) in [7, 11) is -5.12. The molecule has 0 aromatic heterocycles. The van der Waals surface area contributed by atoms with Crippen molar-refractivity contribution < 1.29 is 57.0 Å². The molecule has 61 heavy (non-hydrogen) atoms. The third-order valence-electron chi connectivity index (χ3n) is 11.3. The van der Waals surface area contributed by atoms with E-state index in [1.54, 1.807) is 6.08 Å². The number of hydrogen-bond donors (Lipinski definition) is 7. The van der Waals surface area contributed by atoms with Crippen molar-refractivity contribution in [1.29, 1.82) is 0 Å². The highest BCUT2D eigenvalue weighted by Gasteiger charge is 2.48. The Morgan fingerprint density at radius 1 is 0.656 bits per heavy atom. The summed E-state index contributed by atoms with van der Waals surface area (Å²) in [4.78, 5) is 13.1. The van der Waals surface area contributed by atoms with Crippen molar-refractivity contribution in [2.24, 2.45) is 0 Å². The summed E-state index contributed by atoms with van der Waals surface area (Å²) in [6.45, 7) is 3.18. The Hall–Kier alpha value is -1.72. The van der Waals surface area contributed by atoms with Crippen molar-refractivity contribution in [3.05, 3.63) is 36.5 Å². The number of unbranched alkanes of at least 4 members (excludes halogenated alkanes) is 23. The third-order valence-corrected chi connectivity index (χ3v) is 11.7. The molecule has 1 amide bonds. The molecule has 7 N–H and O–H groups in total. The van der Waals surface area contributed by atoms with Crippen LogP contribution in [0, 0.1) is 0 Å². The fourth-order valence-electron chi connectivity index (χ4n) is 7.41. The molecule has 1 saturated heterocycles. The van der Waals surface area contributed by atoms with Gasteiger partial charge in [-0.1, -0.05) is 172 Å². The van der Waals surface area contributed by atoms with Crippen molar-refractivity contribution in [1.82, 2.24) is 5.32 Å². The summed E-state index contributed by atoms with van der Waals surface area (Å²) in [6.07, 6.45) is 32.2. The molecule has 14 heteroatoms. The number of aliphatic hydroxyl groups is 5. The van der Waals surface area contributed by atoms with E-state index in [2.05, 4.69) is 47.7 Å². The number of carbonyl (C=O) groups is 1. The average molecular weight is 890 g/mol. The van der Waals surface area contributed by atoms with Gasteiger partial charge in [-0.15, -0.1) is 0 Å². The minimum atomic E-state index is -5.12. The maximum Gasteiger partial charge on any atom is 0.397 e. The van der Waals surface area contributed by atoms with E-state index in [-0.39, 0.29) is 6.42 Å². The molecule has 0 saturated carbocycles. The Bertz CT molecular complexity index is 1250.